The van der Waals surface area contributed by atoms with Crippen LogP contribution in [0.5, 0.6) is 5.75 Å². The molecule has 1 aromatic carbocycles. The Labute approximate surface area is 166 Å². The van der Waals surface area contributed by atoms with Crippen LogP contribution in [0.1, 0.15) is 47.0 Å². The lowest BCUT2D eigenvalue weighted by Crippen LogP contribution is -2.07. The topological polar surface area (TPSA) is 89.6 Å². The van der Waals surface area contributed by atoms with Crippen LogP contribution in [0.25, 0.3) is 5.00 Å². The third kappa shape index (κ3) is 3.09. The molecule has 28 heavy (non-hydrogen) atoms. The van der Waals surface area contributed by atoms with Crippen molar-refractivity contribution >= 4 is 23.0 Å². The van der Waals surface area contributed by atoms with Crippen molar-refractivity contribution in [3.63, 3.8) is 0 Å². The van der Waals surface area contributed by atoms with Gasteiger partial charge >= 0.3 is 5.97 Å². The van der Waals surface area contributed by atoms with E-state index in [1.54, 1.807) is 18.4 Å². The van der Waals surface area contributed by atoms with E-state index in [1.165, 1.54) is 0 Å². The third-order valence-electron chi connectivity index (χ3n) is 4.72. The fourth-order valence-corrected chi connectivity index (χ4v) is 4.61. The Hall–Kier alpha value is -3.00. The molecule has 1 aliphatic heterocycles. The van der Waals surface area contributed by atoms with Crippen molar-refractivity contribution in [1.29, 1.82) is 0 Å². The van der Waals surface area contributed by atoms with Gasteiger partial charge in [0, 0.05) is 16.0 Å². The van der Waals surface area contributed by atoms with Gasteiger partial charge in [0.15, 0.2) is 5.82 Å². The maximum absolute atomic E-state index is 11.0. The lowest BCUT2D eigenvalue weighted by molar-refractivity contribution is -0.136. The van der Waals surface area contributed by atoms with Crippen LogP contribution in [0.15, 0.2) is 35.3 Å². The Morgan fingerprint density at radius 1 is 1.29 bits per heavy atom. The summed E-state index contributed by atoms with van der Waals surface area (Å²) in [5.74, 6) is 1.49. The summed E-state index contributed by atoms with van der Waals surface area (Å²) in [5.41, 5.74) is 2.67. The molecule has 7 nitrogen and oxygen atoms in total. The van der Waals surface area contributed by atoms with E-state index in [-0.39, 0.29) is 12.5 Å². The van der Waals surface area contributed by atoms with Crippen LogP contribution in [0, 0.1) is 6.92 Å². The summed E-state index contributed by atoms with van der Waals surface area (Å²) in [6, 6.07) is 9.64. The highest BCUT2D eigenvalue weighted by Crippen LogP contribution is 2.37. The first kappa shape index (κ1) is 18.4. The standard InChI is InChI=1S/C20H20N4O3S/c1-11-19-23-22-12(2)24(19)20-15(10-13(28-20)8-9-17(25)26)18(21-11)14-6-4-5-7-16(14)27-3/h4-7,10-11H,8-9H2,1-3H3,(H,25,26). The minimum atomic E-state index is -0.808. The fraction of sp³-hybridized carbons (Fsp3) is 0.300. The molecule has 3 aromatic rings. The number of hydrogen-bond donors (Lipinski definition) is 1. The van der Waals surface area contributed by atoms with Gasteiger partial charge in [-0.1, -0.05) is 12.1 Å². The Morgan fingerprint density at radius 2 is 2.07 bits per heavy atom. The van der Waals surface area contributed by atoms with Crippen LogP contribution < -0.4 is 4.74 Å². The molecule has 0 fully saturated rings. The predicted molar refractivity (Wildman–Crippen MR) is 107 cm³/mol. The first-order valence-electron chi connectivity index (χ1n) is 8.98. The molecule has 1 aliphatic rings. The molecular weight excluding hydrogens is 376 g/mol. The number of nitrogens with zero attached hydrogens (tertiary/aromatic N) is 4. The summed E-state index contributed by atoms with van der Waals surface area (Å²) < 4.78 is 7.60. The number of carboxylic acids is 1. The van der Waals surface area contributed by atoms with Crippen LogP contribution in [0.4, 0.5) is 0 Å². The number of aromatic nitrogens is 3. The van der Waals surface area contributed by atoms with Crippen LogP contribution in [0.3, 0.4) is 0 Å². The molecule has 0 amide bonds. The highest BCUT2D eigenvalue weighted by molar-refractivity contribution is 7.15. The molecule has 0 spiro atoms. The van der Waals surface area contributed by atoms with Crippen molar-refractivity contribution in [2.75, 3.05) is 7.11 Å². The monoisotopic (exact) mass is 396 g/mol. The molecule has 0 aliphatic carbocycles. The number of benzene rings is 1. The van der Waals surface area contributed by atoms with Crippen molar-refractivity contribution in [2.45, 2.75) is 32.7 Å². The molecule has 1 unspecified atom stereocenters. The number of ether oxygens (including phenoxy) is 1. The Bertz CT molecular complexity index is 1080. The molecular formula is C20H20N4O3S. The normalized spacial score (nSPS) is 15.4. The second-order valence-electron chi connectivity index (χ2n) is 6.62. The zero-order valence-electron chi connectivity index (χ0n) is 15.8. The van der Waals surface area contributed by atoms with Gasteiger partial charge in [0.2, 0.25) is 0 Å². The van der Waals surface area contributed by atoms with Crippen molar-refractivity contribution in [3.8, 4) is 10.8 Å². The van der Waals surface area contributed by atoms with Crippen molar-refractivity contribution in [3.05, 3.63) is 58.0 Å². The van der Waals surface area contributed by atoms with Gasteiger partial charge < -0.3 is 9.84 Å². The Kier molecular flexibility index (Phi) is 4.72. The molecule has 8 heteroatoms. The molecule has 3 heterocycles. The predicted octanol–water partition coefficient (Wildman–Crippen LogP) is 3.58. The van der Waals surface area contributed by atoms with Crippen LogP contribution >= 0.6 is 11.3 Å². The van der Waals surface area contributed by atoms with Gasteiger partial charge in [-0.05, 0) is 38.5 Å². The van der Waals surface area contributed by atoms with Crippen LogP contribution in [-0.4, -0.2) is 38.7 Å². The van der Waals surface area contributed by atoms with E-state index < -0.39 is 5.97 Å². The van der Waals surface area contributed by atoms with Gasteiger partial charge in [-0.25, -0.2) is 0 Å². The average Bonchev–Trinajstić information content (AvgIpc) is 3.24. The number of hydrogen-bond acceptors (Lipinski definition) is 6. The fourth-order valence-electron chi connectivity index (χ4n) is 3.40. The minimum Gasteiger partial charge on any atom is -0.496 e. The summed E-state index contributed by atoms with van der Waals surface area (Å²) in [6.45, 7) is 3.91. The van der Waals surface area contributed by atoms with E-state index in [0.29, 0.717) is 6.42 Å². The zero-order chi connectivity index (χ0) is 19.8. The van der Waals surface area contributed by atoms with Crippen LogP contribution in [-0.2, 0) is 11.2 Å². The third-order valence-corrected chi connectivity index (χ3v) is 5.90. The Morgan fingerprint density at radius 3 is 2.82 bits per heavy atom. The van der Waals surface area contributed by atoms with Gasteiger partial charge in [0.05, 0.1) is 19.2 Å². The number of para-hydroxylation sites is 1. The van der Waals surface area contributed by atoms with E-state index in [4.69, 9.17) is 14.8 Å². The molecule has 1 atom stereocenters. The van der Waals surface area contributed by atoms with E-state index in [9.17, 15) is 4.79 Å². The molecule has 2 aromatic heterocycles. The number of fused-ring (bicyclic) bond motifs is 3. The number of thiophene rings is 1. The second-order valence-corrected chi connectivity index (χ2v) is 7.74. The Balaban J connectivity index is 1.93. The number of rotatable bonds is 5. The highest BCUT2D eigenvalue weighted by Gasteiger charge is 2.29. The molecule has 0 bridgehead atoms. The first-order chi connectivity index (χ1) is 13.5. The van der Waals surface area contributed by atoms with E-state index in [2.05, 4.69) is 10.2 Å². The van der Waals surface area contributed by atoms with Crippen LogP contribution in [0.2, 0.25) is 0 Å². The molecule has 4 rings (SSSR count). The minimum absolute atomic E-state index is 0.0882. The van der Waals surface area contributed by atoms with Crippen molar-refractivity contribution < 1.29 is 14.6 Å². The average molecular weight is 396 g/mol. The summed E-state index contributed by atoms with van der Waals surface area (Å²) in [6.07, 6.45) is 0.559. The number of aryl methyl sites for hydroxylation is 2. The van der Waals surface area contributed by atoms with E-state index >= 15 is 0 Å². The summed E-state index contributed by atoms with van der Waals surface area (Å²) >= 11 is 1.56. The zero-order valence-corrected chi connectivity index (χ0v) is 16.7. The number of carbonyl (C=O) groups is 1. The summed E-state index contributed by atoms with van der Waals surface area (Å²) in [5, 5.41) is 18.6. The number of methoxy groups -OCH3 is 1. The molecule has 0 radical (unpaired) electrons. The quantitative estimate of drug-likeness (QED) is 0.712. The van der Waals surface area contributed by atoms with Gasteiger partial charge in [0.1, 0.15) is 22.6 Å². The highest BCUT2D eigenvalue weighted by atomic mass is 32.1. The molecule has 144 valence electrons. The number of carboxylic acid groups (broad SMARTS) is 1. The lowest BCUT2D eigenvalue weighted by atomic mass is 10.0. The number of aliphatic carboxylic acids is 1. The SMILES string of the molecule is COc1ccccc1C1=NC(C)c2nnc(C)n2-c2sc(CCC(=O)O)cc21. The van der Waals surface area contributed by atoms with E-state index in [1.807, 2.05) is 48.7 Å². The number of aliphatic imine (C=N–C) groups is 1. The van der Waals surface area contributed by atoms with Gasteiger partial charge in [-0.15, -0.1) is 21.5 Å². The molecule has 1 N–H and O–H groups in total. The smallest absolute Gasteiger partial charge is 0.303 e. The maximum atomic E-state index is 11.0. The summed E-state index contributed by atoms with van der Waals surface area (Å²) in [4.78, 5) is 17.0. The van der Waals surface area contributed by atoms with E-state index in [0.717, 1.165) is 44.1 Å². The van der Waals surface area contributed by atoms with Gasteiger partial charge in [0.25, 0.3) is 0 Å². The second kappa shape index (κ2) is 7.20. The first-order valence-corrected chi connectivity index (χ1v) is 9.79. The largest absolute Gasteiger partial charge is 0.496 e. The van der Waals surface area contributed by atoms with Crippen molar-refractivity contribution in [2.24, 2.45) is 4.99 Å². The molecule has 0 saturated carbocycles. The van der Waals surface area contributed by atoms with Crippen molar-refractivity contribution in [1.82, 2.24) is 14.8 Å². The lowest BCUT2D eigenvalue weighted by Gasteiger charge is -2.11. The van der Waals surface area contributed by atoms with Gasteiger partial charge in [-0.3, -0.25) is 14.4 Å². The van der Waals surface area contributed by atoms with Gasteiger partial charge in [-0.2, -0.15) is 0 Å². The maximum Gasteiger partial charge on any atom is 0.303 e. The molecule has 0 saturated heterocycles. The summed E-state index contributed by atoms with van der Waals surface area (Å²) in [7, 11) is 1.64.